The number of aromatic hydroxyl groups is 1. The zero-order valence-corrected chi connectivity index (χ0v) is 13.6. The van der Waals surface area contributed by atoms with Gasteiger partial charge in [0.2, 0.25) is 0 Å². The molecule has 0 aromatic heterocycles. The van der Waals surface area contributed by atoms with Gasteiger partial charge in [-0.25, -0.2) is 8.42 Å². The molecule has 132 valence electrons. The molecule has 0 aliphatic carbocycles. The van der Waals surface area contributed by atoms with E-state index in [0.29, 0.717) is 5.56 Å². The van der Waals surface area contributed by atoms with E-state index >= 15 is 0 Å². The summed E-state index contributed by atoms with van der Waals surface area (Å²) in [4.78, 5) is 20.4. The van der Waals surface area contributed by atoms with Gasteiger partial charge in [0.1, 0.15) is 5.75 Å². The number of carbonyl (C=O) groups is 1. The van der Waals surface area contributed by atoms with Gasteiger partial charge in [-0.05, 0) is 30.2 Å². The average molecular weight is 366 g/mol. The highest BCUT2D eigenvalue weighted by Gasteiger charge is 2.18. The molecule has 0 saturated heterocycles. The summed E-state index contributed by atoms with van der Waals surface area (Å²) in [5.74, 6) is -1.41. The van der Waals surface area contributed by atoms with Crippen molar-refractivity contribution >= 4 is 27.4 Å². The van der Waals surface area contributed by atoms with Gasteiger partial charge >= 0.3 is 5.97 Å². The minimum Gasteiger partial charge on any atom is -0.506 e. The second-order valence-corrected chi connectivity index (χ2v) is 6.78. The Kier molecular flexibility index (Phi) is 5.22. The van der Waals surface area contributed by atoms with E-state index in [4.69, 9.17) is 5.11 Å². The Morgan fingerprint density at radius 2 is 1.80 bits per heavy atom. The van der Waals surface area contributed by atoms with Crippen molar-refractivity contribution in [3.05, 3.63) is 58.1 Å². The van der Waals surface area contributed by atoms with Gasteiger partial charge in [-0.15, -0.1) is 0 Å². The summed E-state index contributed by atoms with van der Waals surface area (Å²) in [5.41, 5.74) is -0.0387. The molecule has 2 aromatic carbocycles. The number of benzene rings is 2. The van der Waals surface area contributed by atoms with Crippen LogP contribution in [0, 0.1) is 10.1 Å². The Bertz CT molecular complexity index is 908. The Hall–Kier alpha value is -3.14. The molecule has 9 nitrogen and oxygen atoms in total. The molecule has 25 heavy (non-hydrogen) atoms. The number of carboxylic acids is 1. The van der Waals surface area contributed by atoms with Crippen LogP contribution in [-0.2, 0) is 21.2 Å². The van der Waals surface area contributed by atoms with Gasteiger partial charge in [0.05, 0.1) is 15.5 Å². The third-order valence-electron chi connectivity index (χ3n) is 3.30. The number of nitro benzene ring substituents is 1. The summed E-state index contributed by atoms with van der Waals surface area (Å²) in [6.07, 6.45) is 0.181. The molecule has 2 aromatic rings. The number of sulfonamides is 1. The van der Waals surface area contributed by atoms with Crippen molar-refractivity contribution in [3.8, 4) is 5.75 Å². The molecule has 0 saturated carbocycles. The number of aliphatic carboxylic acids is 1. The normalized spacial score (nSPS) is 11.0. The number of nitrogens with one attached hydrogen (secondary N) is 1. The third kappa shape index (κ3) is 4.67. The molecule has 0 amide bonds. The average Bonchev–Trinajstić information content (AvgIpc) is 2.55. The first kappa shape index (κ1) is 18.2. The first-order chi connectivity index (χ1) is 11.7. The summed E-state index contributed by atoms with van der Waals surface area (Å²) in [6.45, 7) is 0. The van der Waals surface area contributed by atoms with Gasteiger partial charge < -0.3 is 10.2 Å². The van der Waals surface area contributed by atoms with Crippen LogP contribution in [0.2, 0.25) is 0 Å². The molecular formula is C15H14N2O7S. The standard InChI is InChI=1S/C15H14N2O7S/c18-14-7-4-11(17(21)22)9-13(14)16-25(23,24)12-5-1-10(2-6-12)3-8-15(19)20/h1-2,4-7,9,16,18H,3,8H2,(H,19,20). The molecule has 2 rings (SSSR count). The van der Waals surface area contributed by atoms with Gasteiger partial charge in [0.25, 0.3) is 15.7 Å². The first-order valence-corrected chi connectivity index (χ1v) is 8.48. The Balaban J connectivity index is 2.23. The highest BCUT2D eigenvalue weighted by atomic mass is 32.2. The van der Waals surface area contributed by atoms with Crippen LogP contribution >= 0.6 is 0 Å². The van der Waals surface area contributed by atoms with Gasteiger partial charge in [-0.1, -0.05) is 12.1 Å². The lowest BCUT2D eigenvalue weighted by molar-refractivity contribution is -0.384. The van der Waals surface area contributed by atoms with Gasteiger partial charge in [0, 0.05) is 18.6 Å². The predicted molar refractivity (Wildman–Crippen MR) is 88.0 cm³/mol. The number of hydrogen-bond acceptors (Lipinski definition) is 6. The van der Waals surface area contributed by atoms with Gasteiger partial charge in [0.15, 0.2) is 0 Å². The molecule has 0 unspecified atom stereocenters. The monoisotopic (exact) mass is 366 g/mol. The van der Waals surface area contributed by atoms with E-state index < -0.39 is 26.7 Å². The summed E-state index contributed by atoms with van der Waals surface area (Å²) in [5, 5.41) is 29.1. The predicted octanol–water partition coefficient (Wildman–Crippen LogP) is 2.12. The number of nitrogens with zero attached hydrogens (tertiary/aromatic N) is 1. The quantitative estimate of drug-likeness (QED) is 0.386. The maximum Gasteiger partial charge on any atom is 0.303 e. The third-order valence-corrected chi connectivity index (χ3v) is 4.68. The second kappa shape index (κ2) is 7.18. The summed E-state index contributed by atoms with van der Waals surface area (Å²) < 4.78 is 26.7. The van der Waals surface area contributed by atoms with Gasteiger partial charge in [-0.2, -0.15) is 0 Å². The number of phenolic OH excluding ortho intramolecular Hbond substituents is 1. The van der Waals surface area contributed by atoms with Crippen molar-refractivity contribution in [2.75, 3.05) is 4.72 Å². The van der Waals surface area contributed by atoms with Crippen molar-refractivity contribution < 1.29 is 28.3 Å². The summed E-state index contributed by atoms with van der Waals surface area (Å²) >= 11 is 0. The van der Waals surface area contributed by atoms with Crippen LogP contribution < -0.4 is 4.72 Å². The largest absolute Gasteiger partial charge is 0.506 e. The minimum absolute atomic E-state index is 0.0775. The fourth-order valence-corrected chi connectivity index (χ4v) is 3.07. The van der Waals surface area contributed by atoms with Crippen molar-refractivity contribution in [1.29, 1.82) is 0 Å². The topological polar surface area (TPSA) is 147 Å². The number of non-ortho nitro benzene ring substituents is 1. The molecule has 0 spiro atoms. The molecule has 0 aliphatic rings. The lowest BCUT2D eigenvalue weighted by atomic mass is 10.1. The van der Waals surface area contributed by atoms with E-state index in [0.717, 1.165) is 18.2 Å². The zero-order chi connectivity index (χ0) is 18.6. The molecule has 0 fully saturated rings. The Morgan fingerprint density at radius 1 is 1.16 bits per heavy atom. The molecule has 0 aliphatic heterocycles. The van der Waals surface area contributed by atoms with E-state index in [1.54, 1.807) is 0 Å². The van der Waals surface area contributed by atoms with Crippen molar-refractivity contribution in [2.45, 2.75) is 17.7 Å². The van der Waals surface area contributed by atoms with Crippen LogP contribution in [0.5, 0.6) is 5.75 Å². The number of rotatable bonds is 7. The summed E-state index contributed by atoms with van der Waals surface area (Å²) in [7, 11) is -4.08. The molecular weight excluding hydrogens is 352 g/mol. The van der Waals surface area contributed by atoms with E-state index in [-0.39, 0.29) is 29.1 Å². The smallest absolute Gasteiger partial charge is 0.303 e. The minimum atomic E-state index is -4.08. The SMILES string of the molecule is O=C(O)CCc1ccc(S(=O)(=O)Nc2cc([N+](=O)[O-])ccc2O)cc1. The highest BCUT2D eigenvalue weighted by Crippen LogP contribution is 2.29. The molecule has 3 N–H and O–H groups in total. The number of aryl methyl sites for hydroxylation is 1. The lowest BCUT2D eigenvalue weighted by Crippen LogP contribution is -2.13. The Morgan fingerprint density at radius 3 is 2.36 bits per heavy atom. The Labute approximate surface area is 142 Å². The zero-order valence-electron chi connectivity index (χ0n) is 12.7. The molecule has 0 atom stereocenters. The van der Waals surface area contributed by atoms with E-state index in [1.807, 2.05) is 0 Å². The van der Waals surface area contributed by atoms with E-state index in [9.17, 15) is 28.4 Å². The van der Waals surface area contributed by atoms with Crippen molar-refractivity contribution in [3.63, 3.8) is 0 Å². The first-order valence-electron chi connectivity index (χ1n) is 7.00. The van der Waals surface area contributed by atoms with Crippen molar-refractivity contribution in [2.24, 2.45) is 0 Å². The lowest BCUT2D eigenvalue weighted by Gasteiger charge is -2.10. The molecule has 0 bridgehead atoms. The molecule has 0 heterocycles. The number of anilines is 1. The van der Waals surface area contributed by atoms with Crippen LogP contribution in [-0.4, -0.2) is 29.5 Å². The van der Waals surface area contributed by atoms with Crippen LogP contribution in [0.25, 0.3) is 0 Å². The fraction of sp³-hybridized carbons (Fsp3) is 0.133. The molecule has 0 radical (unpaired) electrons. The van der Waals surface area contributed by atoms with E-state index in [1.165, 1.54) is 24.3 Å². The number of phenols is 1. The van der Waals surface area contributed by atoms with E-state index in [2.05, 4.69) is 4.72 Å². The number of carboxylic acid groups (broad SMARTS) is 1. The van der Waals surface area contributed by atoms with Crippen LogP contribution in [0.15, 0.2) is 47.4 Å². The second-order valence-electron chi connectivity index (χ2n) is 5.10. The number of hydrogen-bond donors (Lipinski definition) is 3. The van der Waals surface area contributed by atoms with Crippen LogP contribution in [0.3, 0.4) is 0 Å². The van der Waals surface area contributed by atoms with Crippen LogP contribution in [0.4, 0.5) is 11.4 Å². The maximum absolute atomic E-state index is 12.3. The molecule has 10 heteroatoms. The maximum atomic E-state index is 12.3. The van der Waals surface area contributed by atoms with Crippen LogP contribution in [0.1, 0.15) is 12.0 Å². The number of nitro groups is 1. The van der Waals surface area contributed by atoms with Crippen molar-refractivity contribution in [1.82, 2.24) is 0 Å². The highest BCUT2D eigenvalue weighted by molar-refractivity contribution is 7.92. The van der Waals surface area contributed by atoms with Gasteiger partial charge in [-0.3, -0.25) is 19.6 Å². The summed E-state index contributed by atoms with van der Waals surface area (Å²) in [6, 6.07) is 8.50. The fourth-order valence-electron chi connectivity index (χ4n) is 2.01.